The van der Waals surface area contributed by atoms with Gasteiger partial charge in [0.2, 0.25) is 0 Å². The van der Waals surface area contributed by atoms with Crippen LogP contribution in [0.3, 0.4) is 0 Å². The first kappa shape index (κ1) is 25.9. The smallest absolute Gasteiger partial charge is 0.309 e. The third-order valence-corrected chi connectivity index (χ3v) is 7.04. The van der Waals surface area contributed by atoms with Gasteiger partial charge in [-0.2, -0.15) is 0 Å². The highest BCUT2D eigenvalue weighted by molar-refractivity contribution is 7.13. The van der Waals surface area contributed by atoms with Crippen molar-refractivity contribution in [2.24, 2.45) is 5.16 Å². The van der Waals surface area contributed by atoms with Crippen LogP contribution in [0.4, 0.5) is 5.13 Å². The fraction of sp³-hybridized carbons (Fsp3) is 0.0938. The lowest BCUT2D eigenvalue weighted by molar-refractivity contribution is -0.135. The van der Waals surface area contributed by atoms with Crippen LogP contribution < -0.4 is 5.32 Å². The maximum atomic E-state index is 11.6. The van der Waals surface area contributed by atoms with E-state index in [2.05, 4.69) is 46.9 Å². The molecular weight excluding hydrogens is 506 g/mol. The van der Waals surface area contributed by atoms with Gasteiger partial charge in [0.05, 0.1) is 6.42 Å². The number of aliphatic carboxylic acids is 1. The average molecular weight is 534 g/mol. The standard InChI is InChI=1S/C32H27N3O3S/c36-30(37)21-28(35-38-22-24-13-5-1-6-14-24)29-23-39-31(33-29)34-32(25-15-7-2-8-16-25,26-17-9-3-10-18-26)27-19-11-4-12-20-27/h1-20,23H,21-22H2,(H,33,34)(H,36,37)/b35-28+. The SMILES string of the molecule is O=C(O)C/C(=N\OCc1ccccc1)c1csc(NC(c2ccccc2)(c2ccccc2)c2ccccc2)n1. The third kappa shape index (κ3) is 6.05. The van der Waals surface area contributed by atoms with Crippen LogP contribution in [0.2, 0.25) is 0 Å². The van der Waals surface area contributed by atoms with Crippen molar-refractivity contribution in [3.05, 3.63) is 155 Å². The molecule has 0 spiro atoms. The molecule has 0 unspecified atom stereocenters. The maximum absolute atomic E-state index is 11.6. The molecule has 39 heavy (non-hydrogen) atoms. The summed E-state index contributed by atoms with van der Waals surface area (Å²) in [5.74, 6) is -1.01. The van der Waals surface area contributed by atoms with E-state index in [1.54, 1.807) is 0 Å². The molecule has 0 fully saturated rings. The number of rotatable bonds is 11. The molecule has 194 valence electrons. The van der Waals surface area contributed by atoms with Gasteiger partial charge >= 0.3 is 5.97 Å². The van der Waals surface area contributed by atoms with Crippen LogP contribution in [0.1, 0.15) is 34.4 Å². The van der Waals surface area contributed by atoms with Crippen molar-refractivity contribution >= 4 is 28.1 Å². The number of carboxylic acids is 1. The van der Waals surface area contributed by atoms with Gasteiger partial charge in [-0.25, -0.2) is 4.98 Å². The molecule has 7 heteroatoms. The predicted octanol–water partition coefficient (Wildman–Crippen LogP) is 6.94. The molecule has 0 radical (unpaired) electrons. The topological polar surface area (TPSA) is 83.8 Å². The predicted molar refractivity (Wildman–Crippen MR) is 155 cm³/mol. The van der Waals surface area contributed by atoms with Gasteiger partial charge in [0, 0.05) is 5.38 Å². The van der Waals surface area contributed by atoms with E-state index in [9.17, 15) is 9.90 Å². The minimum Gasteiger partial charge on any atom is -0.481 e. The molecule has 2 N–H and O–H groups in total. The molecular formula is C32H27N3O3S. The minimum atomic E-state index is -1.01. The first-order valence-corrected chi connectivity index (χ1v) is 13.4. The van der Waals surface area contributed by atoms with E-state index in [0.717, 1.165) is 22.3 Å². The molecule has 0 saturated heterocycles. The van der Waals surface area contributed by atoms with E-state index in [1.165, 1.54) is 11.3 Å². The quantitative estimate of drug-likeness (QED) is 0.109. The third-order valence-electron chi connectivity index (χ3n) is 6.28. The van der Waals surface area contributed by atoms with E-state index >= 15 is 0 Å². The Labute approximate surface area is 231 Å². The highest BCUT2D eigenvalue weighted by Gasteiger charge is 2.37. The van der Waals surface area contributed by atoms with Crippen LogP contribution >= 0.6 is 11.3 Å². The van der Waals surface area contributed by atoms with Gasteiger partial charge in [-0.1, -0.05) is 126 Å². The Kier molecular flexibility index (Phi) is 8.09. The zero-order chi connectivity index (χ0) is 26.9. The summed E-state index contributed by atoms with van der Waals surface area (Å²) < 4.78 is 0. The maximum Gasteiger partial charge on any atom is 0.309 e. The van der Waals surface area contributed by atoms with E-state index < -0.39 is 11.5 Å². The molecule has 1 heterocycles. The van der Waals surface area contributed by atoms with Crippen molar-refractivity contribution in [1.29, 1.82) is 0 Å². The summed E-state index contributed by atoms with van der Waals surface area (Å²) in [6.45, 7) is 0.234. The van der Waals surface area contributed by atoms with E-state index in [1.807, 2.05) is 90.3 Å². The molecule has 0 amide bonds. The van der Waals surface area contributed by atoms with Crippen molar-refractivity contribution in [1.82, 2.24) is 4.98 Å². The van der Waals surface area contributed by atoms with Crippen molar-refractivity contribution in [3.63, 3.8) is 0 Å². The van der Waals surface area contributed by atoms with E-state index in [0.29, 0.717) is 10.8 Å². The highest BCUT2D eigenvalue weighted by atomic mass is 32.1. The van der Waals surface area contributed by atoms with Crippen LogP contribution in [0.25, 0.3) is 0 Å². The number of benzene rings is 4. The normalized spacial score (nSPS) is 11.6. The first-order valence-electron chi connectivity index (χ1n) is 12.5. The molecule has 4 aromatic carbocycles. The number of anilines is 1. The number of hydrogen-bond acceptors (Lipinski definition) is 6. The highest BCUT2D eigenvalue weighted by Crippen LogP contribution is 2.40. The first-order chi connectivity index (χ1) is 19.1. The van der Waals surface area contributed by atoms with Crippen molar-refractivity contribution in [3.8, 4) is 0 Å². The summed E-state index contributed by atoms with van der Waals surface area (Å²) in [5.41, 5.74) is 4.05. The summed E-state index contributed by atoms with van der Waals surface area (Å²) in [4.78, 5) is 21.9. The second-order valence-corrected chi connectivity index (χ2v) is 9.74. The Morgan fingerprint density at radius 1 is 0.795 bits per heavy atom. The number of oxime groups is 1. The molecule has 6 nitrogen and oxygen atoms in total. The van der Waals surface area contributed by atoms with Crippen LogP contribution in [0.5, 0.6) is 0 Å². The summed E-state index contributed by atoms with van der Waals surface area (Å²) in [6.07, 6.45) is -0.306. The number of aromatic nitrogens is 1. The summed E-state index contributed by atoms with van der Waals surface area (Å²) >= 11 is 1.39. The Morgan fingerprint density at radius 2 is 1.28 bits per heavy atom. The fourth-order valence-electron chi connectivity index (χ4n) is 4.48. The molecule has 1 aromatic heterocycles. The number of carbonyl (C=O) groups is 1. The number of hydrogen-bond donors (Lipinski definition) is 2. The lowest BCUT2D eigenvalue weighted by Crippen LogP contribution is -2.38. The zero-order valence-corrected chi connectivity index (χ0v) is 21.9. The number of nitrogens with one attached hydrogen (secondary N) is 1. The van der Waals surface area contributed by atoms with Crippen LogP contribution in [0.15, 0.2) is 132 Å². The second kappa shape index (κ2) is 12.2. The van der Waals surface area contributed by atoms with Crippen molar-refractivity contribution < 1.29 is 14.7 Å². The Bertz CT molecular complexity index is 1430. The van der Waals surface area contributed by atoms with E-state index in [4.69, 9.17) is 9.82 Å². The average Bonchev–Trinajstić information content (AvgIpc) is 3.45. The molecule has 0 bridgehead atoms. The van der Waals surface area contributed by atoms with Gasteiger partial charge in [-0.15, -0.1) is 11.3 Å². The monoisotopic (exact) mass is 533 g/mol. The number of nitrogens with zero attached hydrogens (tertiary/aromatic N) is 2. The molecule has 0 aliphatic heterocycles. The fourth-order valence-corrected chi connectivity index (χ4v) is 5.25. The number of carboxylic acid groups (broad SMARTS) is 1. The molecule has 0 aliphatic rings. The summed E-state index contributed by atoms with van der Waals surface area (Å²) in [5, 5.41) is 19.8. The summed E-state index contributed by atoms with van der Waals surface area (Å²) in [6, 6.07) is 40.3. The lowest BCUT2D eigenvalue weighted by atomic mass is 9.77. The second-order valence-electron chi connectivity index (χ2n) is 8.88. The molecule has 0 atom stereocenters. The molecule has 0 aliphatic carbocycles. The van der Waals surface area contributed by atoms with Gasteiger partial charge in [0.25, 0.3) is 0 Å². The Morgan fingerprint density at radius 3 is 1.77 bits per heavy atom. The van der Waals surface area contributed by atoms with Crippen LogP contribution in [-0.4, -0.2) is 21.8 Å². The molecule has 5 rings (SSSR count). The van der Waals surface area contributed by atoms with Crippen LogP contribution in [0, 0.1) is 0 Å². The Hall–Kier alpha value is -4.75. The lowest BCUT2D eigenvalue weighted by Gasteiger charge is -2.36. The van der Waals surface area contributed by atoms with Crippen LogP contribution in [-0.2, 0) is 21.8 Å². The molecule has 5 aromatic rings. The van der Waals surface area contributed by atoms with Crippen molar-refractivity contribution in [2.75, 3.05) is 5.32 Å². The zero-order valence-electron chi connectivity index (χ0n) is 21.1. The molecule has 0 saturated carbocycles. The van der Waals surface area contributed by atoms with Gasteiger partial charge in [-0.05, 0) is 22.3 Å². The van der Waals surface area contributed by atoms with Gasteiger partial charge in [0.1, 0.15) is 23.6 Å². The Balaban J connectivity index is 1.53. The van der Waals surface area contributed by atoms with Gasteiger partial charge < -0.3 is 15.3 Å². The summed E-state index contributed by atoms with van der Waals surface area (Å²) in [7, 11) is 0. The van der Waals surface area contributed by atoms with Gasteiger partial charge in [-0.3, -0.25) is 4.79 Å². The minimum absolute atomic E-state index is 0.234. The van der Waals surface area contributed by atoms with Crippen molar-refractivity contribution in [2.45, 2.75) is 18.6 Å². The largest absolute Gasteiger partial charge is 0.481 e. The number of thiazole rings is 1. The van der Waals surface area contributed by atoms with E-state index in [-0.39, 0.29) is 18.7 Å². The van der Waals surface area contributed by atoms with Gasteiger partial charge in [0.15, 0.2) is 5.13 Å².